The minimum absolute atomic E-state index is 0.0395. The lowest BCUT2D eigenvalue weighted by atomic mass is 9.95. The molecule has 7 nitrogen and oxygen atoms in total. The predicted molar refractivity (Wildman–Crippen MR) is 119 cm³/mol. The number of nitriles is 1. The van der Waals surface area contributed by atoms with E-state index in [1.165, 1.54) is 42.8 Å². The number of ether oxygens (including phenoxy) is 1. The predicted octanol–water partition coefficient (Wildman–Crippen LogP) is 4.15. The SMILES string of the molecule is Cc1cc(Cl)c(S(=O)(=O)Nc2ccc(C#N)cc2)cc1OCC(=O)NC1CCCCC1. The van der Waals surface area contributed by atoms with E-state index in [0.717, 1.165) is 25.7 Å². The molecule has 0 unspecified atom stereocenters. The zero-order valence-corrected chi connectivity index (χ0v) is 18.7. The number of nitrogens with one attached hydrogen (secondary N) is 2. The number of hydrogen-bond acceptors (Lipinski definition) is 5. The molecule has 0 radical (unpaired) electrons. The second-order valence-corrected chi connectivity index (χ2v) is 9.59. The first-order chi connectivity index (χ1) is 14.8. The molecule has 2 aromatic rings. The van der Waals surface area contributed by atoms with Gasteiger partial charge in [-0.3, -0.25) is 9.52 Å². The van der Waals surface area contributed by atoms with Gasteiger partial charge in [-0.2, -0.15) is 5.26 Å². The van der Waals surface area contributed by atoms with Gasteiger partial charge in [-0.25, -0.2) is 8.42 Å². The Balaban J connectivity index is 1.71. The Hall–Kier alpha value is -2.76. The Morgan fingerprint density at radius 2 is 1.87 bits per heavy atom. The molecule has 0 heterocycles. The van der Waals surface area contributed by atoms with Gasteiger partial charge >= 0.3 is 0 Å². The number of amides is 1. The van der Waals surface area contributed by atoms with E-state index in [0.29, 0.717) is 16.8 Å². The van der Waals surface area contributed by atoms with Gasteiger partial charge < -0.3 is 10.1 Å². The highest BCUT2D eigenvalue weighted by atomic mass is 35.5. The number of benzene rings is 2. The molecule has 31 heavy (non-hydrogen) atoms. The maximum absolute atomic E-state index is 12.8. The van der Waals surface area contributed by atoms with E-state index >= 15 is 0 Å². The summed E-state index contributed by atoms with van der Waals surface area (Å²) in [5.41, 5.74) is 1.33. The molecule has 9 heteroatoms. The van der Waals surface area contributed by atoms with Crippen molar-refractivity contribution in [2.45, 2.75) is 50.0 Å². The Kier molecular flexibility index (Phi) is 7.42. The van der Waals surface area contributed by atoms with Crippen LogP contribution in [0.2, 0.25) is 5.02 Å². The minimum atomic E-state index is -4.01. The van der Waals surface area contributed by atoms with Crippen molar-refractivity contribution >= 4 is 33.2 Å². The topological polar surface area (TPSA) is 108 Å². The number of nitrogens with zero attached hydrogens (tertiary/aromatic N) is 1. The molecule has 1 saturated carbocycles. The standard InChI is InChI=1S/C22H24ClN3O4S/c1-15-11-19(23)21(31(28,29)26-18-9-7-16(13-24)8-10-18)12-20(15)30-14-22(27)25-17-5-3-2-4-6-17/h7-12,17,26H,2-6,14H2,1H3,(H,25,27). The van der Waals surface area contributed by atoms with Crippen molar-refractivity contribution in [3.63, 3.8) is 0 Å². The summed E-state index contributed by atoms with van der Waals surface area (Å²) in [6.45, 7) is 1.52. The summed E-state index contributed by atoms with van der Waals surface area (Å²) in [6, 6.07) is 10.9. The van der Waals surface area contributed by atoms with Crippen molar-refractivity contribution in [2.75, 3.05) is 11.3 Å². The Morgan fingerprint density at radius 1 is 1.19 bits per heavy atom. The molecule has 1 fully saturated rings. The molecule has 0 saturated heterocycles. The Bertz CT molecular complexity index is 1090. The summed E-state index contributed by atoms with van der Waals surface area (Å²) in [6.07, 6.45) is 5.34. The average Bonchev–Trinajstić information content (AvgIpc) is 2.74. The molecule has 0 atom stereocenters. The van der Waals surface area contributed by atoms with Crippen LogP contribution in [0.1, 0.15) is 43.2 Å². The molecular formula is C22H24ClN3O4S. The van der Waals surface area contributed by atoms with Crippen molar-refractivity contribution in [3.05, 3.63) is 52.5 Å². The van der Waals surface area contributed by atoms with E-state index in [4.69, 9.17) is 21.6 Å². The van der Waals surface area contributed by atoms with E-state index in [2.05, 4.69) is 10.0 Å². The first-order valence-corrected chi connectivity index (χ1v) is 11.9. The van der Waals surface area contributed by atoms with Crippen LogP contribution < -0.4 is 14.8 Å². The fraction of sp³-hybridized carbons (Fsp3) is 0.364. The maximum Gasteiger partial charge on any atom is 0.263 e. The highest BCUT2D eigenvalue weighted by Gasteiger charge is 2.22. The van der Waals surface area contributed by atoms with Crippen molar-refractivity contribution in [3.8, 4) is 11.8 Å². The molecule has 0 spiro atoms. The second kappa shape index (κ2) is 10.0. The first kappa shape index (κ1) is 22.9. The molecule has 1 aliphatic carbocycles. The monoisotopic (exact) mass is 461 g/mol. The summed E-state index contributed by atoms with van der Waals surface area (Å²) >= 11 is 6.19. The van der Waals surface area contributed by atoms with Gasteiger partial charge in [-0.1, -0.05) is 30.9 Å². The fourth-order valence-electron chi connectivity index (χ4n) is 3.48. The average molecular weight is 462 g/mol. The molecule has 0 aliphatic heterocycles. The lowest BCUT2D eigenvalue weighted by molar-refractivity contribution is -0.124. The van der Waals surface area contributed by atoms with Crippen molar-refractivity contribution < 1.29 is 17.9 Å². The molecule has 2 aromatic carbocycles. The highest BCUT2D eigenvalue weighted by molar-refractivity contribution is 7.92. The quantitative estimate of drug-likeness (QED) is 0.643. The normalized spacial score (nSPS) is 14.5. The third-order valence-electron chi connectivity index (χ3n) is 5.11. The molecule has 0 aromatic heterocycles. The van der Waals surface area contributed by atoms with E-state index in [1.54, 1.807) is 6.92 Å². The van der Waals surface area contributed by atoms with Gasteiger partial charge in [0.15, 0.2) is 6.61 Å². The van der Waals surface area contributed by atoms with Gasteiger partial charge in [-0.15, -0.1) is 0 Å². The largest absolute Gasteiger partial charge is 0.483 e. The van der Waals surface area contributed by atoms with Crippen molar-refractivity contribution in [2.24, 2.45) is 0 Å². The Morgan fingerprint density at radius 3 is 2.52 bits per heavy atom. The number of carbonyl (C=O) groups is 1. The third kappa shape index (κ3) is 6.12. The molecule has 1 aliphatic rings. The van der Waals surface area contributed by atoms with Gasteiger partial charge in [0.2, 0.25) is 0 Å². The summed E-state index contributed by atoms with van der Waals surface area (Å²) in [5, 5.41) is 11.9. The van der Waals surface area contributed by atoms with Crippen LogP contribution in [-0.2, 0) is 14.8 Å². The van der Waals surface area contributed by atoms with Crippen LogP contribution in [-0.4, -0.2) is 27.0 Å². The lowest BCUT2D eigenvalue weighted by Gasteiger charge is -2.22. The van der Waals surface area contributed by atoms with Crippen LogP contribution in [0, 0.1) is 18.3 Å². The van der Waals surface area contributed by atoms with Crippen LogP contribution in [0.15, 0.2) is 41.3 Å². The van der Waals surface area contributed by atoms with Crippen molar-refractivity contribution in [1.29, 1.82) is 5.26 Å². The number of hydrogen-bond donors (Lipinski definition) is 2. The van der Waals surface area contributed by atoms with Crippen LogP contribution >= 0.6 is 11.6 Å². The number of rotatable bonds is 7. The van der Waals surface area contributed by atoms with Crippen molar-refractivity contribution in [1.82, 2.24) is 5.32 Å². The minimum Gasteiger partial charge on any atom is -0.483 e. The maximum atomic E-state index is 12.8. The lowest BCUT2D eigenvalue weighted by Crippen LogP contribution is -2.39. The van der Waals surface area contributed by atoms with Gasteiger partial charge in [0.1, 0.15) is 10.6 Å². The molecule has 164 valence electrons. The van der Waals surface area contributed by atoms with Crippen LogP contribution in [0.25, 0.3) is 0 Å². The number of carbonyl (C=O) groups excluding carboxylic acids is 1. The highest BCUT2D eigenvalue weighted by Crippen LogP contribution is 2.31. The van der Waals surface area contributed by atoms with Gasteiger partial charge in [-0.05, 0) is 55.7 Å². The zero-order chi connectivity index (χ0) is 22.4. The summed E-state index contributed by atoms with van der Waals surface area (Å²) in [5.74, 6) is 0.0322. The molecule has 2 N–H and O–H groups in total. The fourth-order valence-corrected chi connectivity index (χ4v) is 5.14. The van der Waals surface area contributed by atoms with Gasteiger partial charge in [0.05, 0.1) is 16.7 Å². The van der Waals surface area contributed by atoms with Gasteiger partial charge in [0, 0.05) is 17.8 Å². The molecule has 1 amide bonds. The zero-order valence-electron chi connectivity index (χ0n) is 17.2. The molecule has 3 rings (SSSR count). The van der Waals surface area contributed by atoms with E-state index in [9.17, 15) is 13.2 Å². The summed E-state index contributed by atoms with van der Waals surface area (Å²) < 4.78 is 33.7. The number of anilines is 1. The second-order valence-electron chi connectivity index (χ2n) is 7.53. The molecular weight excluding hydrogens is 438 g/mol. The third-order valence-corrected chi connectivity index (χ3v) is 6.96. The number of sulfonamides is 1. The van der Waals surface area contributed by atoms with E-state index in [1.807, 2.05) is 6.07 Å². The van der Waals surface area contributed by atoms with Crippen LogP contribution in [0.3, 0.4) is 0 Å². The Labute approximate surface area is 187 Å². The van der Waals surface area contributed by atoms with Crippen LogP contribution in [0.5, 0.6) is 5.75 Å². The van der Waals surface area contributed by atoms with E-state index < -0.39 is 10.0 Å². The number of halogens is 1. The van der Waals surface area contributed by atoms with E-state index in [-0.39, 0.29) is 34.2 Å². The van der Waals surface area contributed by atoms with Crippen LogP contribution in [0.4, 0.5) is 5.69 Å². The summed E-state index contributed by atoms with van der Waals surface area (Å²) in [4.78, 5) is 12.1. The number of aryl methyl sites for hydroxylation is 1. The summed E-state index contributed by atoms with van der Waals surface area (Å²) in [7, 11) is -4.01. The smallest absolute Gasteiger partial charge is 0.263 e. The first-order valence-electron chi connectivity index (χ1n) is 10.0. The van der Waals surface area contributed by atoms with Gasteiger partial charge in [0.25, 0.3) is 15.9 Å². The molecule has 0 bridgehead atoms.